The Morgan fingerprint density at radius 3 is 3.00 bits per heavy atom. The Bertz CT molecular complexity index is 687. The Labute approximate surface area is 120 Å². The number of furan rings is 1. The second-order valence-electron chi connectivity index (χ2n) is 4.73. The summed E-state index contributed by atoms with van der Waals surface area (Å²) in [4.78, 5) is 23.1. The minimum atomic E-state index is -0.782. The van der Waals surface area contributed by atoms with Gasteiger partial charge in [0.05, 0.1) is 26.4 Å². The van der Waals surface area contributed by atoms with E-state index in [1.54, 1.807) is 19.2 Å². The normalized spacial score (nSPS) is 17.8. The summed E-state index contributed by atoms with van der Waals surface area (Å²) < 4.78 is 20.4. The van der Waals surface area contributed by atoms with Crippen LogP contribution >= 0.6 is 0 Å². The summed E-state index contributed by atoms with van der Waals surface area (Å²) in [6, 6.07) is 5.36. The summed E-state index contributed by atoms with van der Waals surface area (Å²) >= 11 is 0. The minimum Gasteiger partial charge on any atom is -0.497 e. The van der Waals surface area contributed by atoms with Crippen LogP contribution in [0, 0.1) is 0 Å². The number of methoxy groups -OCH3 is 1. The molecule has 110 valence electrons. The van der Waals surface area contributed by atoms with Gasteiger partial charge in [0.25, 0.3) is 0 Å². The van der Waals surface area contributed by atoms with Crippen LogP contribution in [0.4, 0.5) is 0 Å². The minimum absolute atomic E-state index is 0.0448. The number of ether oxygens (including phenoxy) is 3. The topological polar surface area (TPSA) is 75.0 Å². The van der Waals surface area contributed by atoms with Gasteiger partial charge in [-0.15, -0.1) is 0 Å². The molecule has 1 aliphatic heterocycles. The summed E-state index contributed by atoms with van der Waals surface area (Å²) in [5.41, 5.74) is 1.35. The Morgan fingerprint density at radius 1 is 1.43 bits per heavy atom. The molecule has 3 rings (SSSR count). The summed E-state index contributed by atoms with van der Waals surface area (Å²) in [6.45, 7) is 0.297. The molecule has 0 bridgehead atoms. The van der Waals surface area contributed by atoms with Crippen LogP contribution < -0.4 is 4.74 Å². The highest BCUT2D eigenvalue weighted by Crippen LogP contribution is 2.26. The third-order valence-electron chi connectivity index (χ3n) is 3.36. The molecule has 2 aromatic rings. The molecule has 0 amide bonds. The van der Waals surface area contributed by atoms with Crippen molar-refractivity contribution in [3.8, 4) is 5.75 Å². The lowest BCUT2D eigenvalue weighted by Crippen LogP contribution is -2.23. The van der Waals surface area contributed by atoms with Gasteiger partial charge in [0.1, 0.15) is 11.3 Å². The van der Waals surface area contributed by atoms with E-state index in [0.29, 0.717) is 29.9 Å². The summed E-state index contributed by atoms with van der Waals surface area (Å²) in [6.07, 6.45) is 1.19. The third-order valence-corrected chi connectivity index (χ3v) is 3.36. The first-order valence-corrected chi connectivity index (χ1v) is 6.57. The second kappa shape index (κ2) is 5.47. The number of esters is 2. The SMILES string of the molecule is COc1ccc2c(CC(=O)O[C@H]3CCOC3=O)coc2c1. The van der Waals surface area contributed by atoms with E-state index in [-0.39, 0.29) is 6.42 Å². The molecule has 6 heteroatoms. The number of hydrogen-bond acceptors (Lipinski definition) is 6. The standard InChI is InChI=1S/C15H14O6/c1-18-10-2-3-11-9(8-20-13(11)7-10)6-14(16)21-12-4-5-19-15(12)17/h2-3,7-8,12H,4-6H2,1H3/t12-/m0/s1. The molecule has 0 spiro atoms. The smallest absolute Gasteiger partial charge is 0.347 e. The summed E-state index contributed by atoms with van der Waals surface area (Å²) in [7, 11) is 1.57. The zero-order chi connectivity index (χ0) is 14.8. The number of fused-ring (bicyclic) bond motifs is 1. The average Bonchev–Trinajstić information content (AvgIpc) is 3.06. The Hall–Kier alpha value is -2.50. The average molecular weight is 290 g/mol. The molecular weight excluding hydrogens is 276 g/mol. The number of carbonyl (C=O) groups excluding carboxylic acids is 2. The van der Waals surface area contributed by atoms with Gasteiger partial charge in [-0.3, -0.25) is 4.79 Å². The van der Waals surface area contributed by atoms with Gasteiger partial charge >= 0.3 is 11.9 Å². The molecule has 0 radical (unpaired) electrons. The van der Waals surface area contributed by atoms with Gasteiger partial charge in [-0.05, 0) is 12.1 Å². The van der Waals surface area contributed by atoms with Crippen LogP contribution in [0.25, 0.3) is 11.0 Å². The highest BCUT2D eigenvalue weighted by molar-refractivity contribution is 5.87. The maximum atomic E-state index is 11.9. The van der Waals surface area contributed by atoms with Crippen LogP contribution in [0.1, 0.15) is 12.0 Å². The van der Waals surface area contributed by atoms with Crippen molar-refractivity contribution in [1.82, 2.24) is 0 Å². The van der Waals surface area contributed by atoms with Gasteiger partial charge in [0.2, 0.25) is 6.10 Å². The fourth-order valence-corrected chi connectivity index (χ4v) is 2.27. The Balaban J connectivity index is 1.72. The molecule has 6 nitrogen and oxygen atoms in total. The van der Waals surface area contributed by atoms with E-state index in [9.17, 15) is 9.59 Å². The Morgan fingerprint density at radius 2 is 2.29 bits per heavy atom. The van der Waals surface area contributed by atoms with Gasteiger partial charge in [0, 0.05) is 23.4 Å². The molecule has 1 atom stereocenters. The molecule has 21 heavy (non-hydrogen) atoms. The van der Waals surface area contributed by atoms with Crippen LogP contribution in [0.5, 0.6) is 5.75 Å². The first kappa shape index (κ1) is 13.5. The van der Waals surface area contributed by atoms with Gasteiger partial charge in [-0.2, -0.15) is 0 Å². The van der Waals surface area contributed by atoms with Crippen molar-refractivity contribution in [1.29, 1.82) is 0 Å². The molecule has 0 unspecified atom stereocenters. The lowest BCUT2D eigenvalue weighted by Gasteiger charge is -2.07. The number of hydrogen-bond donors (Lipinski definition) is 0. The van der Waals surface area contributed by atoms with Gasteiger partial charge in [-0.25, -0.2) is 4.79 Å². The monoisotopic (exact) mass is 290 g/mol. The van der Waals surface area contributed by atoms with Crippen LogP contribution in [0.3, 0.4) is 0 Å². The molecule has 2 heterocycles. The molecular formula is C15H14O6. The first-order valence-electron chi connectivity index (χ1n) is 6.57. The van der Waals surface area contributed by atoms with E-state index >= 15 is 0 Å². The van der Waals surface area contributed by atoms with Crippen LogP contribution in [-0.4, -0.2) is 31.8 Å². The molecule has 0 saturated carbocycles. The molecule has 1 aromatic carbocycles. The fraction of sp³-hybridized carbons (Fsp3) is 0.333. The molecule has 0 aliphatic carbocycles. The van der Waals surface area contributed by atoms with E-state index in [2.05, 4.69) is 0 Å². The lowest BCUT2D eigenvalue weighted by molar-refractivity contribution is -0.159. The molecule has 0 N–H and O–H groups in total. The molecule has 1 saturated heterocycles. The van der Waals surface area contributed by atoms with Crippen molar-refractivity contribution in [2.45, 2.75) is 18.9 Å². The molecule has 1 aromatic heterocycles. The lowest BCUT2D eigenvalue weighted by atomic mass is 10.1. The zero-order valence-corrected chi connectivity index (χ0v) is 11.5. The van der Waals surface area contributed by atoms with Crippen molar-refractivity contribution in [3.63, 3.8) is 0 Å². The van der Waals surface area contributed by atoms with Crippen LogP contribution in [-0.2, 0) is 25.5 Å². The number of carbonyl (C=O) groups is 2. The zero-order valence-electron chi connectivity index (χ0n) is 11.5. The second-order valence-corrected chi connectivity index (χ2v) is 4.73. The highest BCUT2D eigenvalue weighted by Gasteiger charge is 2.30. The van der Waals surface area contributed by atoms with E-state index < -0.39 is 18.0 Å². The number of rotatable bonds is 4. The van der Waals surface area contributed by atoms with Gasteiger partial charge in [0.15, 0.2) is 0 Å². The van der Waals surface area contributed by atoms with E-state index in [1.807, 2.05) is 6.07 Å². The molecule has 1 fully saturated rings. The number of benzene rings is 1. The first-order chi connectivity index (χ1) is 10.2. The van der Waals surface area contributed by atoms with E-state index in [1.165, 1.54) is 6.26 Å². The Kier molecular flexibility index (Phi) is 3.51. The van der Waals surface area contributed by atoms with Crippen molar-refractivity contribution in [2.75, 3.05) is 13.7 Å². The largest absolute Gasteiger partial charge is 0.497 e. The van der Waals surface area contributed by atoms with Crippen LogP contribution in [0.2, 0.25) is 0 Å². The highest BCUT2D eigenvalue weighted by atomic mass is 16.6. The van der Waals surface area contributed by atoms with Gasteiger partial charge in [-0.1, -0.05) is 0 Å². The summed E-state index contributed by atoms with van der Waals surface area (Å²) in [5, 5.41) is 0.821. The summed E-state index contributed by atoms with van der Waals surface area (Å²) in [5.74, 6) is -0.276. The van der Waals surface area contributed by atoms with Crippen molar-refractivity contribution >= 4 is 22.9 Å². The van der Waals surface area contributed by atoms with E-state index in [0.717, 1.165) is 5.39 Å². The maximum absolute atomic E-state index is 11.9. The van der Waals surface area contributed by atoms with E-state index in [4.69, 9.17) is 18.6 Å². The predicted octanol–water partition coefficient (Wildman–Crippen LogP) is 1.84. The fourth-order valence-electron chi connectivity index (χ4n) is 2.27. The maximum Gasteiger partial charge on any atom is 0.347 e. The van der Waals surface area contributed by atoms with Crippen LogP contribution in [0.15, 0.2) is 28.9 Å². The van der Waals surface area contributed by atoms with Crippen molar-refractivity contribution < 1.29 is 28.2 Å². The quantitative estimate of drug-likeness (QED) is 0.800. The third kappa shape index (κ3) is 2.69. The van der Waals surface area contributed by atoms with Gasteiger partial charge < -0.3 is 18.6 Å². The number of cyclic esters (lactones) is 1. The van der Waals surface area contributed by atoms with Crippen molar-refractivity contribution in [3.05, 3.63) is 30.0 Å². The van der Waals surface area contributed by atoms with Crippen molar-refractivity contribution in [2.24, 2.45) is 0 Å². The predicted molar refractivity (Wildman–Crippen MR) is 71.9 cm³/mol. The molecule has 1 aliphatic rings.